The van der Waals surface area contributed by atoms with Gasteiger partial charge in [-0.15, -0.1) is 11.8 Å². The Morgan fingerprint density at radius 2 is 2.00 bits per heavy atom. The third-order valence-corrected chi connectivity index (χ3v) is 5.91. The summed E-state index contributed by atoms with van der Waals surface area (Å²) in [6, 6.07) is 10.1. The topological polar surface area (TPSA) is 79.0 Å². The summed E-state index contributed by atoms with van der Waals surface area (Å²) in [4.78, 5) is 14.6. The van der Waals surface area contributed by atoms with Crippen molar-refractivity contribution in [3.63, 3.8) is 0 Å². The maximum atomic E-state index is 12.4. The first-order valence-electron chi connectivity index (χ1n) is 6.49. The van der Waals surface area contributed by atoms with E-state index in [1.165, 1.54) is 18.3 Å². The lowest BCUT2D eigenvalue weighted by Gasteiger charge is -2.25. The van der Waals surface area contributed by atoms with E-state index in [0.717, 1.165) is 22.6 Å². The third-order valence-electron chi connectivity index (χ3n) is 3.32. The second-order valence-corrected chi connectivity index (χ2v) is 7.59. The molecule has 2 heterocycles. The van der Waals surface area contributed by atoms with Crippen molar-refractivity contribution in [2.24, 2.45) is 0 Å². The summed E-state index contributed by atoms with van der Waals surface area (Å²) >= 11 is 1.73. The minimum Gasteiger partial charge on any atom is -0.328 e. The fraction of sp³-hybridized carbons (Fsp3) is 0.214. The van der Waals surface area contributed by atoms with E-state index >= 15 is 0 Å². The van der Waals surface area contributed by atoms with E-state index in [0.29, 0.717) is 0 Å². The van der Waals surface area contributed by atoms with Gasteiger partial charge in [0.05, 0.1) is 4.90 Å². The van der Waals surface area contributed by atoms with E-state index in [1.807, 2.05) is 24.3 Å². The second-order valence-electron chi connectivity index (χ2n) is 4.74. The normalized spacial score (nSPS) is 18.2. The molecule has 1 atom stereocenters. The maximum Gasteiger partial charge on any atom is 0.247 e. The highest BCUT2D eigenvalue weighted by atomic mass is 32.2. The van der Waals surface area contributed by atoms with Crippen molar-refractivity contribution in [2.75, 3.05) is 5.75 Å². The average Bonchev–Trinajstić information content (AvgIpc) is 2.48. The summed E-state index contributed by atoms with van der Waals surface area (Å²) in [7, 11) is -3.65. The molecule has 2 N–H and O–H groups in total. The number of hydrogen-bond acceptors (Lipinski definition) is 4. The summed E-state index contributed by atoms with van der Waals surface area (Å²) in [5.41, 5.74) is 0.676. The van der Waals surface area contributed by atoms with Crippen LogP contribution in [-0.2, 0) is 10.0 Å². The number of rotatable bonds is 3. The van der Waals surface area contributed by atoms with Crippen molar-refractivity contribution in [1.82, 2.24) is 9.71 Å². The highest BCUT2D eigenvalue weighted by Crippen LogP contribution is 2.36. The van der Waals surface area contributed by atoms with Gasteiger partial charge in [-0.05, 0) is 29.9 Å². The molecule has 1 aromatic heterocycles. The number of H-pyrrole nitrogens is 1. The first-order chi connectivity index (χ1) is 10.1. The van der Waals surface area contributed by atoms with Gasteiger partial charge in [-0.2, -0.15) is 0 Å². The van der Waals surface area contributed by atoms with Crippen molar-refractivity contribution in [2.45, 2.75) is 22.3 Å². The molecule has 0 bridgehead atoms. The molecule has 7 heteroatoms. The fourth-order valence-electron chi connectivity index (χ4n) is 2.28. The number of sulfonamides is 1. The van der Waals surface area contributed by atoms with E-state index in [2.05, 4.69) is 9.71 Å². The Morgan fingerprint density at radius 1 is 1.19 bits per heavy atom. The quantitative estimate of drug-likeness (QED) is 0.904. The first kappa shape index (κ1) is 14.4. The van der Waals surface area contributed by atoms with Gasteiger partial charge in [-0.25, -0.2) is 13.1 Å². The minimum absolute atomic E-state index is 0.0674. The Kier molecular flexibility index (Phi) is 3.88. The molecule has 2 aromatic rings. The van der Waals surface area contributed by atoms with E-state index in [9.17, 15) is 13.2 Å². The van der Waals surface area contributed by atoms with Crippen molar-refractivity contribution in [3.8, 4) is 0 Å². The number of nitrogens with one attached hydrogen (secondary N) is 2. The SMILES string of the molecule is O=c1ccc(S(=O)(=O)NC2CCSc3ccccc32)c[nH]1. The minimum atomic E-state index is -3.65. The van der Waals surface area contributed by atoms with Crippen molar-refractivity contribution >= 4 is 21.8 Å². The van der Waals surface area contributed by atoms with E-state index in [4.69, 9.17) is 0 Å². The lowest BCUT2D eigenvalue weighted by Crippen LogP contribution is -2.31. The Labute approximate surface area is 126 Å². The molecule has 0 spiro atoms. The van der Waals surface area contributed by atoms with Gasteiger partial charge in [0.15, 0.2) is 0 Å². The van der Waals surface area contributed by atoms with Crippen LogP contribution in [0.2, 0.25) is 0 Å². The Bertz CT molecular complexity index is 794. The van der Waals surface area contributed by atoms with Crippen LogP contribution >= 0.6 is 11.8 Å². The summed E-state index contributed by atoms with van der Waals surface area (Å²) in [6.07, 6.45) is 1.96. The fourth-order valence-corrected chi connectivity index (χ4v) is 4.63. The number of benzene rings is 1. The van der Waals surface area contributed by atoms with Crippen LogP contribution in [0.1, 0.15) is 18.0 Å². The van der Waals surface area contributed by atoms with Crippen LogP contribution in [-0.4, -0.2) is 19.2 Å². The van der Waals surface area contributed by atoms with Crippen molar-refractivity contribution < 1.29 is 8.42 Å². The molecule has 21 heavy (non-hydrogen) atoms. The highest BCUT2D eigenvalue weighted by Gasteiger charge is 2.25. The van der Waals surface area contributed by atoms with Gasteiger partial charge in [0.1, 0.15) is 0 Å². The van der Waals surface area contributed by atoms with Gasteiger partial charge in [-0.1, -0.05) is 18.2 Å². The standard InChI is InChI=1S/C14H14N2O3S2/c17-14-6-5-10(9-15-14)21(18,19)16-12-7-8-20-13-4-2-1-3-11(12)13/h1-6,9,12,16H,7-8H2,(H,15,17). The van der Waals surface area contributed by atoms with E-state index in [-0.39, 0.29) is 16.5 Å². The molecule has 1 aromatic carbocycles. The van der Waals surface area contributed by atoms with Gasteiger partial charge in [0.2, 0.25) is 15.6 Å². The molecule has 0 saturated carbocycles. The molecule has 3 rings (SSSR count). The predicted molar refractivity (Wildman–Crippen MR) is 81.9 cm³/mol. The molecule has 0 saturated heterocycles. The Balaban J connectivity index is 1.90. The zero-order chi connectivity index (χ0) is 14.9. The van der Waals surface area contributed by atoms with Gasteiger partial charge in [0, 0.05) is 23.2 Å². The summed E-state index contributed by atoms with van der Waals surface area (Å²) in [5.74, 6) is 0.871. The molecular formula is C14H14N2O3S2. The van der Waals surface area contributed by atoms with Crippen LogP contribution in [0.3, 0.4) is 0 Å². The largest absolute Gasteiger partial charge is 0.328 e. The van der Waals surface area contributed by atoms with E-state index in [1.54, 1.807) is 11.8 Å². The second kappa shape index (κ2) is 5.67. The maximum absolute atomic E-state index is 12.4. The molecule has 0 aliphatic carbocycles. The molecule has 110 valence electrons. The molecule has 5 nitrogen and oxygen atoms in total. The molecule has 1 unspecified atom stereocenters. The first-order valence-corrected chi connectivity index (χ1v) is 8.96. The van der Waals surface area contributed by atoms with Crippen LogP contribution in [0.15, 0.2) is 57.2 Å². The van der Waals surface area contributed by atoms with E-state index < -0.39 is 10.0 Å². The zero-order valence-electron chi connectivity index (χ0n) is 11.1. The van der Waals surface area contributed by atoms with Gasteiger partial charge in [-0.3, -0.25) is 4.79 Å². The third kappa shape index (κ3) is 3.04. The molecule has 0 amide bonds. The summed E-state index contributed by atoms with van der Waals surface area (Å²) in [5, 5.41) is 0. The van der Waals surface area contributed by atoms with Gasteiger partial charge >= 0.3 is 0 Å². The predicted octanol–water partition coefficient (Wildman–Crippen LogP) is 1.89. The smallest absolute Gasteiger partial charge is 0.247 e. The lowest BCUT2D eigenvalue weighted by atomic mass is 10.1. The monoisotopic (exact) mass is 322 g/mol. The van der Waals surface area contributed by atoms with Crippen molar-refractivity contribution in [3.05, 3.63) is 58.5 Å². The Morgan fingerprint density at radius 3 is 2.76 bits per heavy atom. The van der Waals surface area contributed by atoms with Crippen LogP contribution in [0, 0.1) is 0 Å². The van der Waals surface area contributed by atoms with Crippen LogP contribution in [0.25, 0.3) is 0 Å². The molecule has 0 fully saturated rings. The van der Waals surface area contributed by atoms with Crippen molar-refractivity contribution in [1.29, 1.82) is 0 Å². The molecule has 0 radical (unpaired) electrons. The lowest BCUT2D eigenvalue weighted by molar-refractivity contribution is 0.545. The van der Waals surface area contributed by atoms with Crippen LogP contribution in [0.5, 0.6) is 0 Å². The van der Waals surface area contributed by atoms with Crippen LogP contribution in [0.4, 0.5) is 0 Å². The number of aromatic nitrogens is 1. The number of aromatic amines is 1. The average molecular weight is 322 g/mol. The molecule has 1 aliphatic heterocycles. The Hall–Kier alpha value is -1.57. The number of hydrogen-bond donors (Lipinski definition) is 2. The number of pyridine rings is 1. The highest BCUT2D eigenvalue weighted by molar-refractivity contribution is 7.99. The molecular weight excluding hydrogens is 308 g/mol. The summed E-state index contributed by atoms with van der Waals surface area (Å²) in [6.45, 7) is 0. The number of fused-ring (bicyclic) bond motifs is 1. The zero-order valence-corrected chi connectivity index (χ0v) is 12.7. The number of thioether (sulfide) groups is 1. The van der Waals surface area contributed by atoms with Gasteiger partial charge < -0.3 is 4.98 Å². The summed E-state index contributed by atoms with van der Waals surface area (Å²) < 4.78 is 27.5. The van der Waals surface area contributed by atoms with Crippen LogP contribution < -0.4 is 10.3 Å². The van der Waals surface area contributed by atoms with Gasteiger partial charge in [0.25, 0.3) is 0 Å². The molecule has 1 aliphatic rings.